The number of benzene rings is 2. The molecule has 1 atom stereocenters. The van der Waals surface area contributed by atoms with Crippen molar-refractivity contribution in [2.24, 2.45) is 0 Å². The van der Waals surface area contributed by atoms with Crippen molar-refractivity contribution in [1.29, 1.82) is 0 Å². The first-order chi connectivity index (χ1) is 9.85. The van der Waals surface area contributed by atoms with Gasteiger partial charge in [0.1, 0.15) is 11.6 Å². The van der Waals surface area contributed by atoms with E-state index in [0.717, 1.165) is 18.2 Å². The summed E-state index contributed by atoms with van der Waals surface area (Å²) in [6, 6.07) is 4.00. The molecule has 0 heterocycles. The molecule has 0 amide bonds. The largest absolute Gasteiger partial charge is 0.496 e. The van der Waals surface area contributed by atoms with E-state index in [9.17, 15) is 17.6 Å². The Bertz CT molecular complexity index is 670. The van der Waals surface area contributed by atoms with Crippen molar-refractivity contribution < 1.29 is 22.3 Å². The lowest BCUT2D eigenvalue weighted by Gasteiger charge is -2.16. The first-order valence-corrected chi connectivity index (χ1v) is 6.89. The van der Waals surface area contributed by atoms with E-state index in [4.69, 9.17) is 16.3 Å². The zero-order chi connectivity index (χ0) is 15.7. The molecule has 1 unspecified atom stereocenters. The van der Waals surface area contributed by atoms with Gasteiger partial charge in [-0.1, -0.05) is 0 Å². The molecule has 112 valence electrons. The summed E-state index contributed by atoms with van der Waals surface area (Å²) in [6.07, 6.45) is 0. The van der Waals surface area contributed by atoms with Crippen molar-refractivity contribution >= 4 is 27.5 Å². The number of hydrogen-bond donors (Lipinski definition) is 0. The van der Waals surface area contributed by atoms with Crippen molar-refractivity contribution in [1.82, 2.24) is 0 Å². The molecular formula is C14H8BrClF4O. The van der Waals surface area contributed by atoms with E-state index >= 15 is 0 Å². The highest BCUT2D eigenvalue weighted by Crippen LogP contribution is 2.38. The normalized spacial score (nSPS) is 12.3. The van der Waals surface area contributed by atoms with E-state index in [1.807, 2.05) is 0 Å². The Morgan fingerprint density at radius 1 is 1.00 bits per heavy atom. The second kappa shape index (κ2) is 6.23. The molecule has 0 fully saturated rings. The minimum atomic E-state index is -1.57. The Morgan fingerprint density at radius 3 is 2.10 bits per heavy atom. The highest BCUT2D eigenvalue weighted by molar-refractivity contribution is 9.10. The van der Waals surface area contributed by atoms with Gasteiger partial charge in [-0.3, -0.25) is 0 Å². The van der Waals surface area contributed by atoms with Gasteiger partial charge in [0.2, 0.25) is 0 Å². The topological polar surface area (TPSA) is 9.23 Å². The van der Waals surface area contributed by atoms with Crippen LogP contribution in [-0.2, 0) is 0 Å². The van der Waals surface area contributed by atoms with Crippen LogP contribution in [0, 0.1) is 23.3 Å². The van der Waals surface area contributed by atoms with Gasteiger partial charge in [0.15, 0.2) is 17.5 Å². The predicted molar refractivity (Wildman–Crippen MR) is 74.7 cm³/mol. The Labute approximate surface area is 131 Å². The average molecular weight is 384 g/mol. The Balaban J connectivity index is 2.54. The van der Waals surface area contributed by atoms with Crippen LogP contribution in [0.15, 0.2) is 28.7 Å². The summed E-state index contributed by atoms with van der Waals surface area (Å²) in [5.41, 5.74) is 0.280. The molecule has 2 aromatic carbocycles. The number of rotatable bonds is 3. The van der Waals surface area contributed by atoms with Crippen molar-refractivity contribution in [3.8, 4) is 5.75 Å². The van der Waals surface area contributed by atoms with Crippen molar-refractivity contribution in [2.45, 2.75) is 5.38 Å². The maximum absolute atomic E-state index is 13.5. The van der Waals surface area contributed by atoms with E-state index in [-0.39, 0.29) is 21.3 Å². The summed E-state index contributed by atoms with van der Waals surface area (Å²) in [7, 11) is 1.31. The molecule has 0 aliphatic heterocycles. The molecule has 0 aromatic heterocycles. The van der Waals surface area contributed by atoms with Gasteiger partial charge in [-0.25, -0.2) is 17.6 Å². The fraction of sp³-hybridized carbons (Fsp3) is 0.143. The quantitative estimate of drug-likeness (QED) is 0.395. The summed E-state index contributed by atoms with van der Waals surface area (Å²) >= 11 is 9.15. The third-order valence-corrected chi connectivity index (χ3v) is 3.94. The Morgan fingerprint density at radius 2 is 1.57 bits per heavy atom. The molecular weight excluding hydrogens is 376 g/mol. The molecule has 0 spiro atoms. The first-order valence-electron chi connectivity index (χ1n) is 5.66. The van der Waals surface area contributed by atoms with Crippen LogP contribution in [0.2, 0.25) is 0 Å². The number of halogens is 6. The molecule has 7 heteroatoms. The minimum Gasteiger partial charge on any atom is -0.496 e. The van der Waals surface area contributed by atoms with Crippen LogP contribution >= 0.6 is 27.5 Å². The van der Waals surface area contributed by atoms with E-state index in [1.165, 1.54) is 13.2 Å². The van der Waals surface area contributed by atoms with Crippen LogP contribution in [-0.4, -0.2) is 7.11 Å². The van der Waals surface area contributed by atoms with Crippen molar-refractivity contribution in [3.05, 3.63) is 63.1 Å². The van der Waals surface area contributed by atoms with Crippen LogP contribution < -0.4 is 4.74 Å². The van der Waals surface area contributed by atoms with Crippen LogP contribution in [0.1, 0.15) is 16.5 Å². The highest BCUT2D eigenvalue weighted by Gasteiger charge is 2.21. The SMILES string of the molecule is COc1cc(F)c(Br)cc1C(Cl)c1cc(F)c(F)c(F)c1. The van der Waals surface area contributed by atoms with Gasteiger partial charge in [-0.15, -0.1) is 11.6 Å². The zero-order valence-corrected chi connectivity index (χ0v) is 12.9. The van der Waals surface area contributed by atoms with Gasteiger partial charge >= 0.3 is 0 Å². The highest BCUT2D eigenvalue weighted by atomic mass is 79.9. The van der Waals surface area contributed by atoms with E-state index in [2.05, 4.69) is 15.9 Å². The van der Waals surface area contributed by atoms with Crippen LogP contribution in [0.3, 0.4) is 0 Å². The molecule has 0 aliphatic carbocycles. The molecule has 1 nitrogen and oxygen atoms in total. The van der Waals surface area contributed by atoms with E-state index < -0.39 is 28.6 Å². The number of ether oxygens (including phenoxy) is 1. The fourth-order valence-electron chi connectivity index (χ4n) is 1.82. The van der Waals surface area contributed by atoms with Crippen molar-refractivity contribution in [3.63, 3.8) is 0 Å². The summed E-state index contributed by atoms with van der Waals surface area (Å²) in [4.78, 5) is 0. The maximum Gasteiger partial charge on any atom is 0.194 e. The number of methoxy groups -OCH3 is 1. The maximum atomic E-state index is 13.5. The Hall–Kier alpha value is -1.27. The van der Waals surface area contributed by atoms with Crippen LogP contribution in [0.5, 0.6) is 5.75 Å². The lowest BCUT2D eigenvalue weighted by molar-refractivity contribution is 0.406. The lowest BCUT2D eigenvalue weighted by Crippen LogP contribution is -2.02. The molecule has 0 bridgehead atoms. The average Bonchev–Trinajstić information content (AvgIpc) is 2.45. The summed E-state index contributed by atoms with van der Waals surface area (Å²) in [5, 5.41) is -1.04. The zero-order valence-electron chi connectivity index (χ0n) is 10.6. The van der Waals surface area contributed by atoms with Crippen LogP contribution in [0.25, 0.3) is 0 Å². The smallest absolute Gasteiger partial charge is 0.194 e. The summed E-state index contributed by atoms with van der Waals surface area (Å²) in [6.45, 7) is 0. The van der Waals surface area contributed by atoms with E-state index in [1.54, 1.807) is 0 Å². The second-order valence-corrected chi connectivity index (χ2v) is 5.46. The van der Waals surface area contributed by atoms with Gasteiger partial charge in [0.05, 0.1) is 17.0 Å². The molecule has 2 aromatic rings. The third-order valence-electron chi connectivity index (χ3n) is 2.84. The minimum absolute atomic E-state index is 0.00938. The monoisotopic (exact) mass is 382 g/mol. The summed E-state index contributed by atoms with van der Waals surface area (Å²) < 4.78 is 58.1. The number of alkyl halides is 1. The molecule has 0 saturated heterocycles. The molecule has 0 radical (unpaired) electrons. The molecule has 0 saturated carbocycles. The van der Waals surface area contributed by atoms with Gasteiger partial charge in [-0.2, -0.15) is 0 Å². The number of hydrogen-bond acceptors (Lipinski definition) is 1. The lowest BCUT2D eigenvalue weighted by atomic mass is 10.0. The molecule has 0 N–H and O–H groups in total. The van der Waals surface area contributed by atoms with Crippen LogP contribution in [0.4, 0.5) is 17.6 Å². The molecule has 0 aliphatic rings. The molecule has 2 rings (SSSR count). The van der Waals surface area contributed by atoms with Gasteiger partial charge in [-0.05, 0) is 39.7 Å². The summed E-state index contributed by atoms with van der Waals surface area (Å²) in [5.74, 6) is -4.74. The van der Waals surface area contributed by atoms with Crippen molar-refractivity contribution in [2.75, 3.05) is 7.11 Å². The molecule has 21 heavy (non-hydrogen) atoms. The predicted octanol–water partition coefficient (Wildman–Crippen LogP) is 5.34. The van der Waals surface area contributed by atoms with Gasteiger partial charge in [0.25, 0.3) is 0 Å². The standard InChI is InChI=1S/C14H8BrClF4O/c1-21-12-5-9(17)8(15)4-7(12)13(16)6-2-10(18)14(20)11(19)3-6/h2-5,13H,1H3. The second-order valence-electron chi connectivity index (χ2n) is 4.17. The first kappa shape index (κ1) is 16.1. The third kappa shape index (κ3) is 3.16. The van der Waals surface area contributed by atoms with Gasteiger partial charge < -0.3 is 4.74 Å². The Kier molecular flexibility index (Phi) is 4.78. The fourth-order valence-corrected chi connectivity index (χ4v) is 2.48. The van der Waals surface area contributed by atoms with Gasteiger partial charge in [0, 0.05) is 11.6 Å². The van der Waals surface area contributed by atoms with E-state index in [0.29, 0.717) is 0 Å².